The number of amides is 3. The van der Waals surface area contributed by atoms with Crippen LogP contribution in [0.3, 0.4) is 0 Å². The van der Waals surface area contributed by atoms with Crippen LogP contribution in [0.15, 0.2) is 42.6 Å². The Morgan fingerprint density at radius 2 is 1.76 bits per heavy atom. The largest absolute Gasteiger partial charge is 0.390 e. The smallest absolute Gasteiger partial charge is 0.320 e. The van der Waals surface area contributed by atoms with Gasteiger partial charge in [0.2, 0.25) is 0 Å². The predicted octanol–water partition coefficient (Wildman–Crippen LogP) is 1.58. The number of fused-ring (bicyclic) bond motifs is 1. The number of benzene rings is 1. The quantitative estimate of drug-likeness (QED) is 0.694. The van der Waals surface area contributed by atoms with Crippen LogP contribution >= 0.6 is 0 Å². The first-order chi connectivity index (χ1) is 16.1. The lowest BCUT2D eigenvalue weighted by Crippen LogP contribution is -2.43. The number of rotatable bonds is 7. The molecule has 2 saturated heterocycles. The summed E-state index contributed by atoms with van der Waals surface area (Å²) in [6.45, 7) is 5.92. The van der Waals surface area contributed by atoms with Crippen LogP contribution in [0.4, 0.5) is 4.79 Å². The van der Waals surface area contributed by atoms with Crippen LogP contribution < -0.4 is 0 Å². The summed E-state index contributed by atoms with van der Waals surface area (Å²) >= 11 is 0. The third-order valence-electron chi connectivity index (χ3n) is 6.86. The van der Waals surface area contributed by atoms with Crippen molar-refractivity contribution >= 4 is 11.9 Å². The molecule has 3 aliphatic rings. The molecule has 0 aliphatic carbocycles. The highest BCUT2D eigenvalue weighted by molar-refractivity contribution is 5.94. The van der Waals surface area contributed by atoms with E-state index < -0.39 is 6.10 Å². The summed E-state index contributed by atoms with van der Waals surface area (Å²) < 4.78 is 0. The van der Waals surface area contributed by atoms with Crippen molar-refractivity contribution in [3.63, 3.8) is 0 Å². The van der Waals surface area contributed by atoms with E-state index in [0.717, 1.165) is 44.7 Å². The number of hydrogen-bond donors (Lipinski definition) is 1. The van der Waals surface area contributed by atoms with Crippen molar-refractivity contribution in [2.24, 2.45) is 0 Å². The third-order valence-corrected chi connectivity index (χ3v) is 6.86. The fourth-order valence-corrected chi connectivity index (χ4v) is 4.81. The molecule has 0 unspecified atom stereocenters. The first-order valence-electron chi connectivity index (χ1n) is 11.8. The Bertz CT molecular complexity index is 1010. The number of carbonyl (C=O) groups is 2. The fraction of sp³-hybridized carbons (Fsp3) is 0.480. The molecule has 0 radical (unpaired) electrons. The topological polar surface area (TPSA) is 80.2 Å². The minimum Gasteiger partial charge on any atom is -0.390 e. The van der Waals surface area contributed by atoms with Gasteiger partial charge in [0.05, 0.1) is 23.9 Å². The molecule has 3 amide bonds. The Balaban J connectivity index is 1.10. The first-order valence-corrected chi connectivity index (χ1v) is 11.8. The second-order valence-electron chi connectivity index (χ2n) is 9.24. The van der Waals surface area contributed by atoms with Gasteiger partial charge in [0.15, 0.2) is 0 Å². The van der Waals surface area contributed by atoms with E-state index in [4.69, 9.17) is 0 Å². The summed E-state index contributed by atoms with van der Waals surface area (Å²) in [6.07, 6.45) is 3.08. The van der Waals surface area contributed by atoms with E-state index in [1.807, 2.05) is 11.0 Å². The lowest BCUT2D eigenvalue weighted by Gasteiger charge is -2.31. The average molecular weight is 450 g/mol. The highest BCUT2D eigenvalue weighted by atomic mass is 16.3. The van der Waals surface area contributed by atoms with Crippen molar-refractivity contribution in [1.29, 1.82) is 0 Å². The molecule has 1 aromatic heterocycles. The second-order valence-corrected chi connectivity index (χ2v) is 9.24. The Kier molecular flexibility index (Phi) is 6.28. The van der Waals surface area contributed by atoms with E-state index in [2.05, 4.69) is 34.1 Å². The molecule has 0 spiro atoms. The first kappa shape index (κ1) is 21.9. The Hall–Kier alpha value is -2.97. The van der Waals surface area contributed by atoms with Crippen LogP contribution in [0.5, 0.6) is 0 Å². The van der Waals surface area contributed by atoms with Gasteiger partial charge in [0.1, 0.15) is 0 Å². The van der Waals surface area contributed by atoms with Crippen LogP contribution in [0, 0.1) is 0 Å². The maximum Gasteiger partial charge on any atom is 0.320 e. The molecular weight excluding hydrogens is 418 g/mol. The number of aliphatic hydroxyl groups excluding tert-OH is 1. The number of urea groups is 1. The molecule has 4 heterocycles. The number of hydrogen-bond acceptors (Lipinski definition) is 5. The number of pyridine rings is 1. The van der Waals surface area contributed by atoms with Crippen molar-refractivity contribution in [3.8, 4) is 0 Å². The lowest BCUT2D eigenvalue weighted by molar-refractivity contribution is 0.0651. The summed E-state index contributed by atoms with van der Waals surface area (Å²) in [5, 5.41) is 10.7. The van der Waals surface area contributed by atoms with Gasteiger partial charge >= 0.3 is 6.03 Å². The molecule has 0 bridgehead atoms. The molecule has 33 heavy (non-hydrogen) atoms. The molecule has 8 nitrogen and oxygen atoms in total. The van der Waals surface area contributed by atoms with E-state index >= 15 is 0 Å². The molecule has 8 heteroatoms. The van der Waals surface area contributed by atoms with E-state index in [1.54, 1.807) is 22.1 Å². The second kappa shape index (κ2) is 9.49. The standard InChI is InChI=1S/C25H31N5O3/c31-23(17-27-11-8-19-4-1-2-5-21(19)15-27)18-30-13-12-29(25(30)33)16-22-7-6-20(14-26-22)24(32)28-9-3-10-28/h1-2,4-7,14,23,31H,3,8-13,15-18H2/t23-/m1/s1. The zero-order valence-corrected chi connectivity index (χ0v) is 18.9. The molecule has 2 fully saturated rings. The fourth-order valence-electron chi connectivity index (χ4n) is 4.81. The summed E-state index contributed by atoms with van der Waals surface area (Å²) in [6, 6.07) is 12.0. The summed E-state index contributed by atoms with van der Waals surface area (Å²) in [5.41, 5.74) is 4.07. The van der Waals surface area contributed by atoms with Gasteiger partial charge in [-0.05, 0) is 36.1 Å². The van der Waals surface area contributed by atoms with Gasteiger partial charge in [-0.3, -0.25) is 14.7 Å². The maximum atomic E-state index is 12.9. The molecule has 3 aliphatic heterocycles. The number of likely N-dealkylation sites (tertiary alicyclic amines) is 1. The van der Waals surface area contributed by atoms with Crippen LogP contribution in [0.1, 0.15) is 33.6 Å². The minimum absolute atomic E-state index is 0.0231. The van der Waals surface area contributed by atoms with E-state index in [1.165, 1.54) is 11.1 Å². The minimum atomic E-state index is -0.580. The molecule has 1 aromatic carbocycles. The van der Waals surface area contributed by atoms with Gasteiger partial charge in [-0.25, -0.2) is 4.79 Å². The summed E-state index contributed by atoms with van der Waals surface area (Å²) in [5.74, 6) is 0.0231. The number of carbonyl (C=O) groups excluding carboxylic acids is 2. The SMILES string of the molecule is O=C(c1ccc(CN2CCN(C[C@H](O)CN3CCc4ccccc4C3)C2=O)nc1)N1CCC1. The molecule has 1 N–H and O–H groups in total. The molecule has 5 rings (SSSR count). The Labute approximate surface area is 194 Å². The number of aromatic nitrogens is 1. The van der Waals surface area contributed by atoms with Gasteiger partial charge in [-0.2, -0.15) is 0 Å². The van der Waals surface area contributed by atoms with Crippen molar-refractivity contribution in [2.75, 3.05) is 45.8 Å². The summed E-state index contributed by atoms with van der Waals surface area (Å²) in [7, 11) is 0. The maximum absolute atomic E-state index is 12.9. The highest BCUT2D eigenvalue weighted by Crippen LogP contribution is 2.19. The highest BCUT2D eigenvalue weighted by Gasteiger charge is 2.31. The van der Waals surface area contributed by atoms with E-state index in [-0.39, 0.29) is 11.9 Å². The van der Waals surface area contributed by atoms with Crippen LogP contribution in [-0.4, -0.2) is 93.5 Å². The zero-order valence-electron chi connectivity index (χ0n) is 18.9. The Morgan fingerprint density at radius 3 is 2.48 bits per heavy atom. The third kappa shape index (κ3) is 4.86. The van der Waals surface area contributed by atoms with Gasteiger partial charge in [0, 0.05) is 58.6 Å². The molecule has 174 valence electrons. The van der Waals surface area contributed by atoms with Crippen LogP contribution in [0.25, 0.3) is 0 Å². The van der Waals surface area contributed by atoms with Crippen LogP contribution in [-0.2, 0) is 19.5 Å². The number of nitrogens with zero attached hydrogens (tertiary/aromatic N) is 5. The van der Waals surface area contributed by atoms with E-state index in [0.29, 0.717) is 38.3 Å². The van der Waals surface area contributed by atoms with Gasteiger partial charge < -0.3 is 19.8 Å². The number of aliphatic hydroxyl groups is 1. The van der Waals surface area contributed by atoms with Gasteiger partial charge in [0.25, 0.3) is 5.91 Å². The monoisotopic (exact) mass is 449 g/mol. The van der Waals surface area contributed by atoms with Crippen LogP contribution in [0.2, 0.25) is 0 Å². The van der Waals surface area contributed by atoms with Crippen molar-refractivity contribution < 1.29 is 14.7 Å². The molecule has 2 aromatic rings. The van der Waals surface area contributed by atoms with Crippen molar-refractivity contribution in [2.45, 2.75) is 32.0 Å². The van der Waals surface area contributed by atoms with Gasteiger partial charge in [-0.15, -0.1) is 0 Å². The Morgan fingerprint density at radius 1 is 0.970 bits per heavy atom. The summed E-state index contributed by atoms with van der Waals surface area (Å²) in [4.78, 5) is 37.1. The number of β-amino-alcohol motifs (C(OH)–C–C–N with tert-alkyl or cyclic N) is 1. The van der Waals surface area contributed by atoms with Gasteiger partial charge in [-0.1, -0.05) is 24.3 Å². The normalized spacial score (nSPS) is 19.4. The molecular formula is C25H31N5O3. The van der Waals surface area contributed by atoms with E-state index in [9.17, 15) is 14.7 Å². The average Bonchev–Trinajstić information content (AvgIpc) is 3.12. The van der Waals surface area contributed by atoms with Crippen molar-refractivity contribution in [3.05, 3.63) is 65.0 Å². The zero-order chi connectivity index (χ0) is 22.8. The predicted molar refractivity (Wildman–Crippen MR) is 124 cm³/mol. The molecule has 0 saturated carbocycles. The van der Waals surface area contributed by atoms with Crippen molar-refractivity contribution in [1.82, 2.24) is 24.6 Å². The lowest BCUT2D eigenvalue weighted by atomic mass is 10.00. The molecule has 1 atom stereocenters.